The first kappa shape index (κ1) is 10.3. The molecule has 1 aromatic heterocycles. The molecule has 1 heterocycles. The van der Waals surface area contributed by atoms with Gasteiger partial charge in [0.25, 0.3) is 11.3 Å². The van der Waals surface area contributed by atoms with Crippen molar-refractivity contribution in [3.8, 4) is 5.75 Å². The Morgan fingerprint density at radius 3 is 2.43 bits per heavy atom. The molecule has 6 N–H and O–H groups in total. The first-order valence-electron chi connectivity index (χ1n) is 3.12. The second-order valence-corrected chi connectivity index (χ2v) is 3.20. The van der Waals surface area contributed by atoms with E-state index in [2.05, 4.69) is 9.17 Å². The third-order valence-electron chi connectivity index (χ3n) is 1.11. The van der Waals surface area contributed by atoms with Crippen molar-refractivity contribution in [2.45, 2.75) is 0 Å². The van der Waals surface area contributed by atoms with Gasteiger partial charge in [0.05, 0.1) is 0 Å². The fraction of sp³-hybridized carbons (Fsp3) is 0. The molecule has 1 aromatic rings. The lowest BCUT2D eigenvalue weighted by atomic mass is 10.5. The van der Waals surface area contributed by atoms with Gasteiger partial charge in [-0.15, -0.1) is 0 Å². The molecule has 0 atom stereocenters. The van der Waals surface area contributed by atoms with Crippen LogP contribution >= 0.6 is 0 Å². The zero-order valence-electron chi connectivity index (χ0n) is 6.59. The van der Waals surface area contributed by atoms with E-state index in [1.165, 1.54) is 0 Å². The van der Waals surface area contributed by atoms with Gasteiger partial charge in [-0.05, 0) is 0 Å². The van der Waals surface area contributed by atoms with Crippen molar-refractivity contribution in [3.05, 3.63) is 10.4 Å². The van der Waals surface area contributed by atoms with Crippen molar-refractivity contribution >= 4 is 22.2 Å². The van der Waals surface area contributed by atoms with Gasteiger partial charge >= 0.3 is 10.4 Å². The molecule has 0 unspecified atom stereocenters. The molecule has 0 aliphatic heterocycles. The number of aromatic nitrogens is 2. The first-order valence-corrected chi connectivity index (χ1v) is 4.48. The number of nitrogens with zero attached hydrogens (tertiary/aromatic N) is 1. The minimum absolute atomic E-state index is 0.296. The summed E-state index contributed by atoms with van der Waals surface area (Å²) in [5.41, 5.74) is 9.19. The Kier molecular flexibility index (Phi) is 2.32. The minimum Gasteiger partial charge on any atom is -0.380 e. The fourth-order valence-corrected chi connectivity index (χ4v) is 1.06. The van der Waals surface area contributed by atoms with Gasteiger partial charge in [-0.2, -0.15) is 13.4 Å². The molecule has 0 fully saturated rings. The predicted molar refractivity (Wildman–Crippen MR) is 45.9 cm³/mol. The SMILES string of the molecule is Nc1nc(N)c(OS(=O)(=O)O)c(=O)[nH]1. The van der Waals surface area contributed by atoms with E-state index < -0.39 is 27.5 Å². The molecule has 0 spiro atoms. The summed E-state index contributed by atoms with van der Waals surface area (Å²) < 4.78 is 32.6. The molecule has 14 heavy (non-hydrogen) atoms. The van der Waals surface area contributed by atoms with Crippen molar-refractivity contribution in [2.75, 3.05) is 11.5 Å². The van der Waals surface area contributed by atoms with Crippen molar-refractivity contribution < 1.29 is 17.2 Å². The quantitative estimate of drug-likeness (QED) is 0.422. The van der Waals surface area contributed by atoms with Gasteiger partial charge in [0.2, 0.25) is 5.95 Å². The zero-order valence-corrected chi connectivity index (χ0v) is 7.41. The third kappa shape index (κ3) is 2.34. The summed E-state index contributed by atoms with van der Waals surface area (Å²) in [4.78, 5) is 16.2. The number of nitrogens with two attached hydrogens (primary N) is 2. The molecule has 0 radical (unpaired) electrons. The molecule has 0 saturated carbocycles. The van der Waals surface area contributed by atoms with Crippen molar-refractivity contribution in [3.63, 3.8) is 0 Å². The molecule has 0 aliphatic carbocycles. The van der Waals surface area contributed by atoms with Crippen LogP contribution in [0, 0.1) is 0 Å². The number of hydrogen-bond donors (Lipinski definition) is 4. The number of nitrogen functional groups attached to an aromatic ring is 2. The number of anilines is 2. The number of hydrogen-bond acceptors (Lipinski definition) is 7. The maximum Gasteiger partial charge on any atom is 0.446 e. The summed E-state index contributed by atoms with van der Waals surface area (Å²) in [6, 6.07) is 0. The van der Waals surface area contributed by atoms with Crippen LogP contribution in [0.25, 0.3) is 0 Å². The summed E-state index contributed by atoms with van der Waals surface area (Å²) in [6.45, 7) is 0. The van der Waals surface area contributed by atoms with Crippen LogP contribution in [0.3, 0.4) is 0 Å². The van der Waals surface area contributed by atoms with Gasteiger partial charge in [-0.1, -0.05) is 0 Å². The number of nitrogens with one attached hydrogen (secondary N) is 1. The average molecular weight is 222 g/mol. The molecule has 78 valence electrons. The number of rotatable bonds is 2. The van der Waals surface area contributed by atoms with Gasteiger partial charge in [0, 0.05) is 0 Å². The Balaban J connectivity index is 3.30. The number of aromatic amines is 1. The Labute approximate surface area is 77.7 Å². The first-order chi connectivity index (χ1) is 6.29. The van der Waals surface area contributed by atoms with Crippen molar-refractivity contribution in [2.24, 2.45) is 0 Å². The minimum atomic E-state index is -4.82. The van der Waals surface area contributed by atoms with Crippen LogP contribution in [0.2, 0.25) is 0 Å². The smallest absolute Gasteiger partial charge is 0.380 e. The highest BCUT2D eigenvalue weighted by molar-refractivity contribution is 7.81. The molecule has 9 nitrogen and oxygen atoms in total. The van der Waals surface area contributed by atoms with E-state index in [1.54, 1.807) is 0 Å². The lowest BCUT2D eigenvalue weighted by Gasteiger charge is -2.02. The molecule has 0 aromatic carbocycles. The van der Waals surface area contributed by atoms with E-state index in [9.17, 15) is 13.2 Å². The van der Waals surface area contributed by atoms with Crippen LogP contribution in [0.4, 0.5) is 11.8 Å². The van der Waals surface area contributed by atoms with E-state index in [0.29, 0.717) is 0 Å². The summed E-state index contributed by atoms with van der Waals surface area (Å²) in [5.74, 6) is -1.67. The Morgan fingerprint density at radius 2 is 2.00 bits per heavy atom. The summed E-state index contributed by atoms with van der Waals surface area (Å²) in [5, 5.41) is 0. The summed E-state index contributed by atoms with van der Waals surface area (Å²) in [6.07, 6.45) is 0. The molecular formula is C4H6N4O5S. The maximum absolute atomic E-state index is 11.0. The van der Waals surface area contributed by atoms with Crippen LogP contribution in [0.15, 0.2) is 4.79 Å². The molecule has 0 amide bonds. The maximum atomic E-state index is 11.0. The van der Waals surface area contributed by atoms with Gasteiger partial charge < -0.3 is 15.7 Å². The van der Waals surface area contributed by atoms with Gasteiger partial charge in [-0.3, -0.25) is 14.3 Å². The largest absolute Gasteiger partial charge is 0.446 e. The molecule has 0 saturated heterocycles. The van der Waals surface area contributed by atoms with Crippen LogP contribution in [-0.4, -0.2) is 22.9 Å². The molecular weight excluding hydrogens is 216 g/mol. The molecule has 0 bridgehead atoms. The Hall–Kier alpha value is -1.81. The Morgan fingerprint density at radius 1 is 1.43 bits per heavy atom. The van der Waals surface area contributed by atoms with Crippen LogP contribution < -0.4 is 21.2 Å². The van der Waals surface area contributed by atoms with E-state index in [-0.39, 0.29) is 5.95 Å². The number of H-pyrrole nitrogens is 1. The lowest BCUT2D eigenvalue weighted by Crippen LogP contribution is -2.20. The molecule has 1 rings (SSSR count). The molecule has 10 heteroatoms. The second kappa shape index (κ2) is 3.16. The van der Waals surface area contributed by atoms with E-state index in [4.69, 9.17) is 16.0 Å². The Bertz CT molecular complexity index is 505. The summed E-state index contributed by atoms with van der Waals surface area (Å²) in [7, 11) is -4.82. The predicted octanol–water partition coefficient (Wildman–Crippen LogP) is -1.88. The summed E-state index contributed by atoms with van der Waals surface area (Å²) >= 11 is 0. The highest BCUT2D eigenvalue weighted by Crippen LogP contribution is 2.13. The monoisotopic (exact) mass is 222 g/mol. The second-order valence-electron chi connectivity index (χ2n) is 2.18. The standard InChI is InChI=1S/C4H6N4O5S/c5-2-1(13-14(10,11)12)3(9)8-4(6)7-2/h(H,10,11,12)(H5,5,6,7,8,9). The van der Waals surface area contributed by atoms with Crippen LogP contribution in [0.1, 0.15) is 0 Å². The average Bonchev–Trinajstić information content (AvgIpc) is 1.95. The molecule has 0 aliphatic rings. The third-order valence-corrected chi connectivity index (χ3v) is 1.49. The van der Waals surface area contributed by atoms with Crippen LogP contribution in [-0.2, 0) is 10.4 Å². The van der Waals surface area contributed by atoms with Gasteiger partial charge in [-0.25, -0.2) is 0 Å². The zero-order chi connectivity index (χ0) is 10.9. The van der Waals surface area contributed by atoms with Crippen LogP contribution in [0.5, 0.6) is 5.75 Å². The topological polar surface area (TPSA) is 161 Å². The van der Waals surface area contributed by atoms with Gasteiger partial charge in [0.15, 0.2) is 5.82 Å². The normalized spacial score (nSPS) is 11.2. The lowest BCUT2D eigenvalue weighted by molar-refractivity contribution is 0.385. The van der Waals surface area contributed by atoms with Gasteiger partial charge in [0.1, 0.15) is 0 Å². The van der Waals surface area contributed by atoms with E-state index >= 15 is 0 Å². The van der Waals surface area contributed by atoms with Crippen molar-refractivity contribution in [1.29, 1.82) is 0 Å². The van der Waals surface area contributed by atoms with E-state index in [0.717, 1.165) is 0 Å². The highest BCUT2D eigenvalue weighted by Gasteiger charge is 2.15. The van der Waals surface area contributed by atoms with Crippen molar-refractivity contribution in [1.82, 2.24) is 9.97 Å². The highest BCUT2D eigenvalue weighted by atomic mass is 32.3. The van der Waals surface area contributed by atoms with E-state index in [1.807, 2.05) is 4.98 Å². The fourth-order valence-electron chi connectivity index (χ4n) is 0.684.